The van der Waals surface area contributed by atoms with Crippen molar-refractivity contribution in [2.45, 2.75) is 184 Å². The summed E-state index contributed by atoms with van der Waals surface area (Å²) < 4.78 is 83.0. The summed E-state index contributed by atoms with van der Waals surface area (Å²) in [5, 5.41) is 31.3. The van der Waals surface area contributed by atoms with Crippen LogP contribution in [0.4, 0.5) is 5.69 Å². The van der Waals surface area contributed by atoms with Crippen molar-refractivity contribution in [3.8, 4) is 5.75 Å². The maximum atomic E-state index is 12.0. The minimum Gasteiger partial charge on any atom is -0.465 e. The number of benzene rings is 6. The normalized spacial score (nSPS) is 25.3. The summed E-state index contributed by atoms with van der Waals surface area (Å²) in [5.74, 6) is -3.33. The van der Waals surface area contributed by atoms with E-state index in [9.17, 15) is 29.6 Å². The number of non-ortho nitro benzene ring substituents is 1. The van der Waals surface area contributed by atoms with Gasteiger partial charge in [-0.1, -0.05) is 220 Å². The zero-order valence-corrected chi connectivity index (χ0v) is 59.4. The second-order valence-corrected chi connectivity index (χ2v) is 33.3. The average Bonchev–Trinajstić information content (AvgIpc) is 0.781. The van der Waals surface area contributed by atoms with Crippen molar-refractivity contribution in [3.63, 3.8) is 0 Å². The molecule has 0 saturated carbocycles. The number of nitrogens with zero attached hydrogens (tertiary/aromatic N) is 1. The highest BCUT2D eigenvalue weighted by atomic mass is 35.6. The zero-order chi connectivity index (χ0) is 70.9. The van der Waals surface area contributed by atoms with Crippen molar-refractivity contribution in [3.05, 3.63) is 214 Å². The van der Waals surface area contributed by atoms with Gasteiger partial charge in [0, 0.05) is 46.9 Å². The fourth-order valence-electron chi connectivity index (χ4n) is 10.4. The number of hydrogen-bond acceptors (Lipinski definition) is 21. The standard InChI is InChI=1S/C47H51NO11.C21H24Cl3NO9.C4H12Si/c1-32-42(41(49)40(31-52-27-34-15-7-3-8-16-34)58-46(32)57-39-25-23-38(24-26-39)48(50)51)59-47-45(55-30-37-21-13-6-14-22-37)44(54-29-36-19-11-5-12-20-36)43(33(2)56-47)53-28-35-17-9-4-10-18-35;1-11(26)30-16-15(10-29-9-14-7-5-4-6-8-14)33-19(34-20(25)21(22,23)24)18(32-13(3)28)17(16)31-12(2)27;1-5(2,3)4/h3-26,32-33,40-47,49H,27-31H2,1-2H3;4-8,15-19,25H,9-10H2,1-3H3;1-4H3. The van der Waals surface area contributed by atoms with Crippen LogP contribution >= 0.6 is 34.8 Å². The van der Waals surface area contributed by atoms with E-state index in [0.717, 1.165) is 48.6 Å². The minimum atomic E-state index is -2.26. The lowest BCUT2D eigenvalue weighted by Gasteiger charge is -2.49. The van der Waals surface area contributed by atoms with Crippen molar-refractivity contribution in [1.29, 1.82) is 5.41 Å². The van der Waals surface area contributed by atoms with Crippen LogP contribution in [0.15, 0.2) is 176 Å². The smallest absolute Gasteiger partial charge is 0.303 e. The number of halogens is 3. The van der Waals surface area contributed by atoms with Crippen LogP contribution in [0.1, 0.15) is 62.4 Å². The van der Waals surface area contributed by atoms with Gasteiger partial charge >= 0.3 is 17.9 Å². The summed E-state index contributed by atoms with van der Waals surface area (Å²) in [6.45, 7) is 17.6. The number of hydrogen-bond donors (Lipinski definition) is 2. The van der Waals surface area contributed by atoms with E-state index in [2.05, 4.69) is 26.2 Å². The van der Waals surface area contributed by atoms with Crippen molar-refractivity contribution >= 4 is 72.4 Å². The first kappa shape index (κ1) is 78.4. The molecule has 3 aliphatic heterocycles. The SMILES string of the molecule is CC(=O)OC1C(COCc2ccccc2)OC(OC(=N)C(Cl)(Cl)Cl)C(OC(C)=O)C1OC(C)=O.CC1OC(OC2C(C)C(Oc3ccc([N+](=O)[O-])cc3)OC(COCc3ccccc3)C2O)C(OCc2ccccc2)C(OCc2ccccc2)C1OCc1ccccc1.C[Si](C)(C)C. The summed E-state index contributed by atoms with van der Waals surface area (Å²) in [6, 6.07) is 54.3. The third-order valence-corrected chi connectivity index (χ3v) is 15.4. The van der Waals surface area contributed by atoms with Crippen molar-refractivity contribution in [2.75, 3.05) is 13.2 Å². The Bertz CT molecular complexity index is 3380. The lowest BCUT2D eigenvalue weighted by molar-refractivity contribution is -0.384. The number of carbonyl (C=O) groups is 3. The quantitative estimate of drug-likeness (QED) is 0.00746. The fraction of sp³-hybridized carbons (Fsp3) is 0.444. The lowest BCUT2D eigenvalue weighted by atomic mass is 9.91. The molecule has 0 bridgehead atoms. The van der Waals surface area contributed by atoms with Crippen LogP contribution in [0, 0.1) is 21.4 Å². The molecule has 6 aromatic rings. The van der Waals surface area contributed by atoms with Crippen LogP contribution in [0.2, 0.25) is 26.2 Å². The van der Waals surface area contributed by atoms with Crippen LogP contribution in [0.3, 0.4) is 0 Å². The van der Waals surface area contributed by atoms with Crippen molar-refractivity contribution < 1.29 is 90.7 Å². The summed E-state index contributed by atoms with van der Waals surface area (Å²) in [4.78, 5) is 46.3. The molecule has 3 fully saturated rings. The third kappa shape index (κ3) is 25.7. The van der Waals surface area contributed by atoms with E-state index >= 15 is 0 Å². The van der Waals surface area contributed by atoms with Gasteiger partial charge in [0.05, 0.1) is 63.4 Å². The van der Waals surface area contributed by atoms with Gasteiger partial charge in [0.25, 0.3) is 9.48 Å². The molecular weight excluding hydrogens is 1350 g/mol. The molecular formula is C72H87Cl3N2O20Si. The highest BCUT2D eigenvalue weighted by molar-refractivity contribution is 6.76. The Morgan fingerprint density at radius 1 is 0.500 bits per heavy atom. The second-order valence-electron chi connectivity index (χ2n) is 25.1. The van der Waals surface area contributed by atoms with Crippen molar-refractivity contribution in [1.82, 2.24) is 0 Å². The van der Waals surface area contributed by atoms with E-state index in [4.69, 9.17) is 107 Å². The molecule has 0 aliphatic carbocycles. The molecule has 0 radical (unpaired) electrons. The van der Waals surface area contributed by atoms with Gasteiger partial charge in [-0.25, -0.2) is 0 Å². The molecule has 15 unspecified atom stereocenters. The topological polar surface area (TPSA) is 268 Å². The molecule has 98 heavy (non-hydrogen) atoms. The van der Waals surface area contributed by atoms with E-state index in [1.54, 1.807) is 0 Å². The maximum absolute atomic E-state index is 12.0. The molecule has 15 atom stereocenters. The van der Waals surface area contributed by atoms with Gasteiger partial charge in [-0.05, 0) is 46.9 Å². The maximum Gasteiger partial charge on any atom is 0.303 e. The Hall–Kier alpha value is -6.91. The number of carbonyl (C=O) groups excluding carboxylic acids is 3. The van der Waals surface area contributed by atoms with Crippen molar-refractivity contribution in [2.24, 2.45) is 5.92 Å². The van der Waals surface area contributed by atoms with Gasteiger partial charge in [0.1, 0.15) is 42.4 Å². The Kier molecular flexibility index (Phi) is 30.9. The lowest BCUT2D eigenvalue weighted by Crippen LogP contribution is -2.63. The fourth-order valence-corrected chi connectivity index (χ4v) is 10.6. The molecule has 26 heteroatoms. The number of nitro benzene ring substituents is 1. The average molecular weight is 1430 g/mol. The number of aliphatic hydroxyl groups is 1. The predicted molar refractivity (Wildman–Crippen MR) is 368 cm³/mol. The number of esters is 3. The van der Waals surface area contributed by atoms with E-state index in [-0.39, 0.29) is 38.7 Å². The molecule has 3 heterocycles. The van der Waals surface area contributed by atoms with Gasteiger partial charge in [0.15, 0.2) is 18.5 Å². The Morgan fingerprint density at radius 3 is 1.32 bits per heavy atom. The molecule has 2 N–H and O–H groups in total. The first-order chi connectivity index (χ1) is 46.7. The molecule has 3 saturated heterocycles. The number of rotatable bonds is 26. The van der Waals surface area contributed by atoms with Gasteiger partial charge in [-0.2, -0.15) is 0 Å². The molecule has 3 aliphatic rings. The molecule has 6 aromatic carbocycles. The summed E-state index contributed by atoms with van der Waals surface area (Å²) in [6.07, 6.45) is -14.2. The minimum absolute atomic E-state index is 0.0246. The van der Waals surface area contributed by atoms with E-state index in [1.807, 2.05) is 166 Å². The molecule has 0 spiro atoms. The molecule has 22 nitrogen and oxygen atoms in total. The predicted octanol–water partition coefficient (Wildman–Crippen LogP) is 12.8. The largest absolute Gasteiger partial charge is 0.465 e. The highest BCUT2D eigenvalue weighted by Gasteiger charge is 2.55. The van der Waals surface area contributed by atoms with Gasteiger partial charge in [-0.15, -0.1) is 0 Å². The highest BCUT2D eigenvalue weighted by Crippen LogP contribution is 2.38. The van der Waals surface area contributed by atoms with E-state index in [0.29, 0.717) is 19.0 Å². The monoisotopic (exact) mass is 1430 g/mol. The summed E-state index contributed by atoms with van der Waals surface area (Å²) in [5.41, 5.74) is 4.68. The first-order valence-corrected chi connectivity index (χ1v) is 37.1. The number of nitro groups is 1. The molecule has 0 aromatic heterocycles. The van der Waals surface area contributed by atoms with E-state index < -0.39 is 133 Å². The Balaban J connectivity index is 0.000000293. The Morgan fingerprint density at radius 2 is 0.888 bits per heavy atom. The van der Waals surface area contributed by atoms with Crippen LogP contribution in [-0.4, -0.2) is 145 Å². The number of alkyl halides is 3. The third-order valence-electron chi connectivity index (χ3n) is 14.9. The van der Waals surface area contributed by atoms with Gasteiger partial charge in [0.2, 0.25) is 24.6 Å². The molecule has 0 amide bonds. The number of nitrogens with one attached hydrogen (secondary N) is 1. The second kappa shape index (κ2) is 38.6. The first-order valence-electron chi connectivity index (χ1n) is 32.0. The van der Waals surface area contributed by atoms with Crippen LogP contribution < -0.4 is 4.74 Å². The summed E-state index contributed by atoms with van der Waals surface area (Å²) in [7, 11) is -0.611. The van der Waals surface area contributed by atoms with Crippen LogP contribution in [0.25, 0.3) is 0 Å². The summed E-state index contributed by atoms with van der Waals surface area (Å²) >= 11 is 17.1. The molecule has 9 rings (SSSR count). The van der Waals surface area contributed by atoms with Gasteiger partial charge < -0.3 is 71.4 Å². The van der Waals surface area contributed by atoms with Crippen LogP contribution in [-0.2, 0) is 109 Å². The number of aliphatic hydroxyl groups excluding tert-OH is 1. The Labute approximate surface area is 587 Å². The zero-order valence-electron chi connectivity index (χ0n) is 56.1. The number of ether oxygens (including phenoxy) is 14. The van der Waals surface area contributed by atoms with E-state index in [1.165, 1.54) is 24.3 Å². The van der Waals surface area contributed by atoms with Crippen LogP contribution in [0.5, 0.6) is 5.75 Å². The molecule has 530 valence electrons. The van der Waals surface area contributed by atoms with Gasteiger partial charge in [-0.3, -0.25) is 29.9 Å².